The van der Waals surface area contributed by atoms with E-state index in [-0.39, 0.29) is 11.1 Å². The molecule has 0 spiro atoms. The number of aliphatic hydroxyl groups is 1. The molecule has 1 aromatic carbocycles. The number of imidazole rings is 1. The van der Waals surface area contributed by atoms with Gasteiger partial charge < -0.3 is 20.4 Å². The standard InChI is InChI=1S/C29H35ClF3N7O/c1-15(2)40(13-17-9-24(25(41)10-17)39-6-5-19-27(34)35-14-36-28(19)39)18-7-16(8-18)3-4-26-37-22-11-20(29(31,32)33)21(30)12-23(22)38-26/h5-6,11-12,14-18,24-25,41H,3-4,7-10,13H2,1-2H3,(H,37,38)(H2,34,35,36)/t16?,17-,18?,24+,25+/m0/s1. The van der Waals surface area contributed by atoms with Gasteiger partial charge in [-0.15, -0.1) is 0 Å². The van der Waals surface area contributed by atoms with Crippen LogP contribution in [0.15, 0.2) is 30.7 Å². The number of anilines is 1. The normalized spacial score (nSPS) is 25.1. The lowest BCUT2D eigenvalue weighted by Gasteiger charge is -2.46. The number of nitrogen functional groups attached to an aromatic ring is 1. The first-order valence-corrected chi connectivity index (χ1v) is 14.6. The summed E-state index contributed by atoms with van der Waals surface area (Å²) in [5.74, 6) is 2.05. The topological polar surface area (TPSA) is 109 Å². The van der Waals surface area contributed by atoms with Crippen molar-refractivity contribution >= 4 is 39.5 Å². The van der Waals surface area contributed by atoms with E-state index < -0.39 is 17.8 Å². The van der Waals surface area contributed by atoms with Crippen molar-refractivity contribution in [2.24, 2.45) is 11.8 Å². The Morgan fingerprint density at radius 2 is 1.95 bits per heavy atom. The minimum atomic E-state index is -4.50. The quantitative estimate of drug-likeness (QED) is 0.233. The van der Waals surface area contributed by atoms with Crippen molar-refractivity contribution in [2.45, 2.75) is 82.8 Å². The predicted octanol–water partition coefficient (Wildman–Crippen LogP) is 6.00. The summed E-state index contributed by atoms with van der Waals surface area (Å²) in [6, 6.07) is 5.08. The Labute approximate surface area is 241 Å². The highest BCUT2D eigenvalue weighted by molar-refractivity contribution is 6.32. The SMILES string of the molecule is CC(C)N(C[C@@H]1C[C@@H](O)[C@H](n2ccc3c(N)ncnc32)C1)C1CC(CCc2nc3cc(Cl)c(C(F)(F)F)cc3[nH]2)C1. The number of rotatable bonds is 8. The van der Waals surface area contributed by atoms with Gasteiger partial charge in [0.05, 0.1) is 39.2 Å². The molecule has 0 saturated heterocycles. The molecule has 4 N–H and O–H groups in total. The largest absolute Gasteiger partial charge is 0.417 e. The van der Waals surface area contributed by atoms with E-state index in [1.54, 1.807) is 0 Å². The van der Waals surface area contributed by atoms with Crippen molar-refractivity contribution in [1.82, 2.24) is 29.4 Å². The number of hydrogen-bond acceptors (Lipinski definition) is 6. The molecule has 0 aliphatic heterocycles. The maximum absolute atomic E-state index is 13.2. The van der Waals surface area contributed by atoms with Gasteiger partial charge in [0, 0.05) is 31.2 Å². The van der Waals surface area contributed by atoms with Crippen LogP contribution < -0.4 is 5.73 Å². The summed E-state index contributed by atoms with van der Waals surface area (Å²) in [7, 11) is 0. The molecule has 220 valence electrons. The molecule has 12 heteroatoms. The average Bonchev–Trinajstić information content (AvgIpc) is 3.57. The lowest BCUT2D eigenvalue weighted by Crippen LogP contribution is -2.49. The molecule has 0 radical (unpaired) electrons. The number of nitrogens with one attached hydrogen (secondary N) is 1. The molecule has 3 atom stereocenters. The van der Waals surface area contributed by atoms with Gasteiger partial charge in [-0.2, -0.15) is 13.2 Å². The van der Waals surface area contributed by atoms with Gasteiger partial charge in [0.25, 0.3) is 0 Å². The Kier molecular flexibility index (Phi) is 7.40. The minimum absolute atomic E-state index is 0.0409. The van der Waals surface area contributed by atoms with E-state index in [2.05, 4.69) is 38.7 Å². The zero-order valence-electron chi connectivity index (χ0n) is 23.1. The number of aromatic amines is 1. The molecule has 0 bridgehead atoms. The second-order valence-electron chi connectivity index (χ2n) is 12.0. The number of H-pyrrole nitrogens is 1. The maximum atomic E-state index is 13.2. The highest BCUT2D eigenvalue weighted by Gasteiger charge is 2.40. The van der Waals surface area contributed by atoms with Crippen LogP contribution in [0.3, 0.4) is 0 Å². The third kappa shape index (κ3) is 5.51. The molecule has 6 rings (SSSR count). The van der Waals surface area contributed by atoms with Crippen LogP contribution in [0, 0.1) is 11.8 Å². The summed E-state index contributed by atoms with van der Waals surface area (Å²) in [6.07, 6.45) is 3.87. The van der Waals surface area contributed by atoms with Gasteiger partial charge in [0.2, 0.25) is 0 Å². The van der Waals surface area contributed by atoms with Gasteiger partial charge in [0.1, 0.15) is 23.6 Å². The second-order valence-corrected chi connectivity index (χ2v) is 12.4. The summed E-state index contributed by atoms with van der Waals surface area (Å²) in [5.41, 5.74) is 6.74. The number of aromatic nitrogens is 5. The number of alkyl halides is 3. The summed E-state index contributed by atoms with van der Waals surface area (Å²) in [6.45, 7) is 5.39. The van der Waals surface area contributed by atoms with E-state index in [0.717, 1.165) is 55.7 Å². The Hall–Kier alpha value is -2.89. The summed E-state index contributed by atoms with van der Waals surface area (Å²) in [5, 5.41) is 11.5. The number of nitrogens with zero attached hydrogens (tertiary/aromatic N) is 5. The summed E-state index contributed by atoms with van der Waals surface area (Å²) < 4.78 is 41.7. The number of fused-ring (bicyclic) bond motifs is 2. The van der Waals surface area contributed by atoms with E-state index in [4.69, 9.17) is 17.3 Å². The molecule has 4 aromatic rings. The first-order valence-electron chi connectivity index (χ1n) is 14.2. The van der Waals surface area contributed by atoms with Crippen LogP contribution in [0.4, 0.5) is 19.0 Å². The molecule has 41 heavy (non-hydrogen) atoms. The fraction of sp³-hybridized carbons (Fsp3) is 0.552. The molecule has 3 aromatic heterocycles. The van der Waals surface area contributed by atoms with E-state index in [0.29, 0.717) is 53.0 Å². The monoisotopic (exact) mass is 589 g/mol. The number of aryl methyl sites for hydroxylation is 1. The summed E-state index contributed by atoms with van der Waals surface area (Å²) in [4.78, 5) is 18.6. The average molecular weight is 590 g/mol. The van der Waals surface area contributed by atoms with Crippen LogP contribution in [-0.2, 0) is 12.6 Å². The molecular formula is C29H35ClF3N7O. The second kappa shape index (κ2) is 10.7. The van der Waals surface area contributed by atoms with Gasteiger partial charge in [-0.25, -0.2) is 15.0 Å². The molecule has 8 nitrogen and oxygen atoms in total. The number of halogens is 4. The van der Waals surface area contributed by atoms with E-state index in [9.17, 15) is 18.3 Å². The molecule has 0 amide bonds. The van der Waals surface area contributed by atoms with E-state index in [1.807, 2.05) is 16.8 Å². The maximum Gasteiger partial charge on any atom is 0.417 e. The lowest BCUT2D eigenvalue weighted by molar-refractivity contribution is -0.137. The van der Waals surface area contributed by atoms with Crippen LogP contribution in [0.2, 0.25) is 5.02 Å². The third-order valence-corrected chi connectivity index (χ3v) is 9.33. The lowest BCUT2D eigenvalue weighted by atomic mass is 9.76. The first kappa shape index (κ1) is 28.2. The van der Waals surface area contributed by atoms with Crippen molar-refractivity contribution in [2.75, 3.05) is 12.3 Å². The zero-order chi connectivity index (χ0) is 29.1. The summed E-state index contributed by atoms with van der Waals surface area (Å²) >= 11 is 5.86. The van der Waals surface area contributed by atoms with Crippen molar-refractivity contribution in [1.29, 1.82) is 0 Å². The Balaban J connectivity index is 1.04. The smallest absolute Gasteiger partial charge is 0.391 e. The highest BCUT2D eigenvalue weighted by atomic mass is 35.5. The van der Waals surface area contributed by atoms with Crippen LogP contribution in [0.1, 0.15) is 63.4 Å². The number of aliphatic hydroxyl groups excluding tert-OH is 1. The van der Waals surface area contributed by atoms with Crippen LogP contribution >= 0.6 is 11.6 Å². The van der Waals surface area contributed by atoms with Gasteiger partial charge in [-0.1, -0.05) is 11.6 Å². The van der Waals surface area contributed by atoms with Crippen molar-refractivity contribution in [3.63, 3.8) is 0 Å². The van der Waals surface area contributed by atoms with E-state index >= 15 is 0 Å². The van der Waals surface area contributed by atoms with Crippen molar-refractivity contribution < 1.29 is 18.3 Å². The fourth-order valence-electron chi connectivity index (χ4n) is 6.85. The predicted molar refractivity (Wildman–Crippen MR) is 152 cm³/mol. The highest BCUT2D eigenvalue weighted by Crippen LogP contribution is 2.41. The zero-order valence-corrected chi connectivity index (χ0v) is 23.8. The third-order valence-electron chi connectivity index (χ3n) is 9.02. The first-order chi connectivity index (χ1) is 19.5. The number of nitrogens with two attached hydrogens (primary N) is 1. The molecule has 2 aliphatic rings. The Morgan fingerprint density at radius 1 is 1.17 bits per heavy atom. The molecule has 0 unspecified atom stereocenters. The van der Waals surface area contributed by atoms with Gasteiger partial charge in [0.15, 0.2) is 0 Å². The molecule has 2 fully saturated rings. The Morgan fingerprint density at radius 3 is 2.68 bits per heavy atom. The van der Waals surface area contributed by atoms with Crippen molar-refractivity contribution in [3.05, 3.63) is 47.1 Å². The molecule has 2 aliphatic carbocycles. The van der Waals surface area contributed by atoms with E-state index in [1.165, 1.54) is 12.4 Å². The van der Waals surface area contributed by atoms with Gasteiger partial charge in [-0.05, 0) is 76.0 Å². The number of hydrogen-bond donors (Lipinski definition) is 3. The number of benzene rings is 1. The molecule has 2 saturated carbocycles. The van der Waals surface area contributed by atoms with Gasteiger partial charge in [-0.3, -0.25) is 4.90 Å². The van der Waals surface area contributed by atoms with Crippen LogP contribution in [0.25, 0.3) is 22.1 Å². The van der Waals surface area contributed by atoms with Crippen LogP contribution in [0.5, 0.6) is 0 Å². The van der Waals surface area contributed by atoms with Crippen LogP contribution in [-0.4, -0.2) is 59.2 Å². The van der Waals surface area contributed by atoms with Crippen molar-refractivity contribution in [3.8, 4) is 0 Å². The minimum Gasteiger partial charge on any atom is -0.391 e. The Bertz CT molecular complexity index is 1540. The molecular weight excluding hydrogens is 555 g/mol. The molecule has 3 heterocycles. The van der Waals surface area contributed by atoms with Gasteiger partial charge >= 0.3 is 6.18 Å². The fourth-order valence-corrected chi connectivity index (χ4v) is 7.11.